The lowest BCUT2D eigenvalue weighted by atomic mass is 9.48. The van der Waals surface area contributed by atoms with Crippen LogP contribution >= 0.6 is 0 Å². The van der Waals surface area contributed by atoms with Gasteiger partial charge in [-0.05, 0) is 106 Å². The van der Waals surface area contributed by atoms with Gasteiger partial charge in [-0.3, -0.25) is 4.79 Å². The van der Waals surface area contributed by atoms with E-state index in [4.69, 9.17) is 0 Å². The van der Waals surface area contributed by atoms with Crippen molar-refractivity contribution < 1.29 is 4.79 Å². The number of benzene rings is 1. The van der Waals surface area contributed by atoms with E-state index in [1.54, 1.807) is 5.01 Å². The van der Waals surface area contributed by atoms with Crippen LogP contribution in [0, 0.1) is 17.8 Å². The first kappa shape index (κ1) is 18.7. The molecular weight excluding hydrogens is 370 g/mol. The van der Waals surface area contributed by atoms with Gasteiger partial charge >= 0.3 is 0 Å². The molecule has 30 heavy (non-hydrogen) atoms. The summed E-state index contributed by atoms with van der Waals surface area (Å²) in [5.41, 5.74) is 4.38. The normalized spacial score (nSPS) is 36.7. The van der Waals surface area contributed by atoms with Crippen molar-refractivity contribution in [2.45, 2.75) is 70.1 Å². The smallest absolute Gasteiger partial charge is 0.282 e. The first-order valence-electron chi connectivity index (χ1n) is 12.1. The third-order valence-corrected chi connectivity index (χ3v) is 8.53. The van der Waals surface area contributed by atoms with E-state index in [0.717, 1.165) is 47.8 Å². The molecule has 0 radical (unpaired) electrons. The monoisotopic (exact) mass is 403 g/mol. The van der Waals surface area contributed by atoms with Crippen LogP contribution in [0.1, 0.15) is 70.3 Å². The number of rotatable bonds is 3. The molecule has 0 atom stereocenters. The van der Waals surface area contributed by atoms with Crippen LogP contribution in [-0.4, -0.2) is 29.6 Å². The molecule has 0 aromatic heterocycles. The zero-order valence-corrected chi connectivity index (χ0v) is 18.1. The van der Waals surface area contributed by atoms with Gasteiger partial charge in [-0.15, -0.1) is 0 Å². The Bertz CT molecular complexity index is 871. The van der Waals surface area contributed by atoms with Gasteiger partial charge in [-0.1, -0.05) is 12.1 Å². The second kappa shape index (κ2) is 6.96. The van der Waals surface area contributed by atoms with E-state index >= 15 is 0 Å². The Hall–Kier alpha value is -2.10. The van der Waals surface area contributed by atoms with Crippen molar-refractivity contribution in [3.63, 3.8) is 0 Å². The minimum atomic E-state index is 0.0145. The van der Waals surface area contributed by atoms with Crippen molar-refractivity contribution in [1.29, 1.82) is 0 Å². The van der Waals surface area contributed by atoms with Gasteiger partial charge in [0.05, 0.1) is 17.0 Å². The molecule has 6 aliphatic rings. The molecule has 5 fully saturated rings. The van der Waals surface area contributed by atoms with Gasteiger partial charge in [-0.2, -0.15) is 10.1 Å². The van der Waals surface area contributed by atoms with E-state index in [0.29, 0.717) is 5.41 Å². The molecule has 158 valence electrons. The third-order valence-electron chi connectivity index (χ3n) is 8.53. The molecule has 4 saturated carbocycles. The number of anilines is 1. The van der Waals surface area contributed by atoms with Crippen LogP contribution in [0.15, 0.2) is 41.1 Å². The quantitative estimate of drug-likeness (QED) is 0.647. The van der Waals surface area contributed by atoms with Crippen molar-refractivity contribution in [1.82, 2.24) is 4.90 Å². The Kier molecular flexibility index (Phi) is 4.33. The summed E-state index contributed by atoms with van der Waals surface area (Å²) >= 11 is 0. The van der Waals surface area contributed by atoms with Crippen molar-refractivity contribution in [3.8, 4) is 0 Å². The van der Waals surface area contributed by atoms with Gasteiger partial charge in [0, 0.05) is 19.3 Å². The topological polar surface area (TPSA) is 35.9 Å². The van der Waals surface area contributed by atoms with E-state index in [1.807, 2.05) is 13.1 Å². The highest BCUT2D eigenvalue weighted by Crippen LogP contribution is 2.60. The highest BCUT2D eigenvalue weighted by molar-refractivity contribution is 6.29. The van der Waals surface area contributed by atoms with E-state index in [1.165, 1.54) is 63.4 Å². The van der Waals surface area contributed by atoms with Crippen molar-refractivity contribution >= 4 is 17.3 Å². The molecule has 2 heterocycles. The summed E-state index contributed by atoms with van der Waals surface area (Å²) in [5.74, 6) is 2.86. The fourth-order valence-corrected chi connectivity index (χ4v) is 7.49. The standard InChI is InChI=1S/C26H33N3O/c1-18-24(17-28-9-3-2-4-10-28)25(30)29(27-18)23-7-5-22(6-8-23)26-14-19-11-20(15-26)13-21(12-19)16-26/h5-8,17,19-21H,2-4,9-16H2,1H3/b24-17-. The lowest BCUT2D eigenvalue weighted by molar-refractivity contribution is -0.114. The summed E-state index contributed by atoms with van der Waals surface area (Å²) in [7, 11) is 0. The van der Waals surface area contributed by atoms with Gasteiger partial charge in [0.1, 0.15) is 0 Å². The summed E-state index contributed by atoms with van der Waals surface area (Å²) in [6.07, 6.45) is 14.3. The number of hydrogen-bond acceptors (Lipinski definition) is 3. The molecule has 2 aliphatic heterocycles. The van der Waals surface area contributed by atoms with Gasteiger partial charge in [0.2, 0.25) is 0 Å². The molecule has 4 heteroatoms. The van der Waals surface area contributed by atoms with Gasteiger partial charge < -0.3 is 4.90 Å². The number of nitrogens with zero attached hydrogens (tertiary/aromatic N) is 3. The lowest BCUT2D eigenvalue weighted by Crippen LogP contribution is -2.48. The molecule has 0 unspecified atom stereocenters. The number of likely N-dealkylation sites (tertiary alicyclic amines) is 1. The zero-order valence-electron chi connectivity index (χ0n) is 18.1. The van der Waals surface area contributed by atoms with Crippen molar-refractivity contribution in [2.24, 2.45) is 22.9 Å². The van der Waals surface area contributed by atoms with E-state index in [9.17, 15) is 4.79 Å². The molecule has 7 rings (SSSR count). The number of amides is 1. The minimum Gasteiger partial charge on any atom is -0.377 e. The molecule has 0 N–H and O–H groups in total. The summed E-state index contributed by atoms with van der Waals surface area (Å²) < 4.78 is 0. The Labute approximate surface area is 180 Å². The van der Waals surface area contributed by atoms with Crippen molar-refractivity contribution in [3.05, 3.63) is 41.6 Å². The van der Waals surface area contributed by atoms with Crippen LogP contribution in [-0.2, 0) is 10.2 Å². The largest absolute Gasteiger partial charge is 0.377 e. The van der Waals surface area contributed by atoms with E-state index in [-0.39, 0.29) is 5.91 Å². The lowest BCUT2D eigenvalue weighted by Gasteiger charge is -2.57. The minimum absolute atomic E-state index is 0.0145. The Morgan fingerprint density at radius 2 is 1.53 bits per heavy atom. The second-order valence-corrected chi connectivity index (χ2v) is 10.7. The summed E-state index contributed by atoms with van der Waals surface area (Å²) in [6.45, 7) is 4.05. The fourth-order valence-electron chi connectivity index (χ4n) is 7.49. The Morgan fingerprint density at radius 1 is 0.933 bits per heavy atom. The Balaban J connectivity index is 1.23. The molecule has 1 saturated heterocycles. The first-order chi connectivity index (χ1) is 14.6. The SMILES string of the molecule is CC1=NN(c2ccc(C34CC5CC(CC(C5)C3)C4)cc2)C(=O)/C1=C\N1CCCCC1. The summed E-state index contributed by atoms with van der Waals surface area (Å²) in [5, 5.41) is 6.22. The second-order valence-electron chi connectivity index (χ2n) is 10.7. The summed E-state index contributed by atoms with van der Waals surface area (Å²) in [6, 6.07) is 8.86. The number of carbonyl (C=O) groups excluding carboxylic acids is 1. The van der Waals surface area contributed by atoms with E-state index in [2.05, 4.69) is 34.3 Å². The van der Waals surface area contributed by atoms with Gasteiger partial charge in [0.25, 0.3) is 5.91 Å². The van der Waals surface area contributed by atoms with Crippen LogP contribution in [0.5, 0.6) is 0 Å². The average Bonchev–Trinajstić information content (AvgIpc) is 3.02. The average molecular weight is 404 g/mol. The van der Waals surface area contributed by atoms with Crippen LogP contribution in [0.4, 0.5) is 5.69 Å². The molecule has 4 nitrogen and oxygen atoms in total. The molecular formula is C26H33N3O. The molecule has 1 aromatic carbocycles. The van der Waals surface area contributed by atoms with Crippen molar-refractivity contribution in [2.75, 3.05) is 18.1 Å². The molecule has 4 aliphatic carbocycles. The molecule has 1 aromatic rings. The van der Waals surface area contributed by atoms with Crippen LogP contribution in [0.3, 0.4) is 0 Å². The maximum atomic E-state index is 13.1. The van der Waals surface area contributed by atoms with Gasteiger partial charge in [0.15, 0.2) is 0 Å². The van der Waals surface area contributed by atoms with Crippen LogP contribution < -0.4 is 5.01 Å². The van der Waals surface area contributed by atoms with Crippen LogP contribution in [0.25, 0.3) is 0 Å². The third kappa shape index (κ3) is 3.02. The predicted octanol–water partition coefficient (Wildman–Crippen LogP) is 5.25. The van der Waals surface area contributed by atoms with E-state index < -0.39 is 0 Å². The fraction of sp³-hybridized carbons (Fsp3) is 0.615. The predicted molar refractivity (Wildman–Crippen MR) is 120 cm³/mol. The summed E-state index contributed by atoms with van der Waals surface area (Å²) in [4.78, 5) is 15.4. The number of hydrogen-bond donors (Lipinski definition) is 0. The molecule has 0 spiro atoms. The highest BCUT2D eigenvalue weighted by atomic mass is 16.2. The molecule has 1 amide bonds. The number of hydrazone groups is 1. The van der Waals surface area contributed by atoms with Crippen LogP contribution in [0.2, 0.25) is 0 Å². The number of carbonyl (C=O) groups is 1. The zero-order chi connectivity index (χ0) is 20.3. The maximum absolute atomic E-state index is 13.1. The Morgan fingerprint density at radius 3 is 2.13 bits per heavy atom. The van der Waals surface area contributed by atoms with Gasteiger partial charge in [-0.25, -0.2) is 0 Å². The maximum Gasteiger partial charge on any atom is 0.282 e. The number of piperidine rings is 1. The highest BCUT2D eigenvalue weighted by Gasteiger charge is 2.51. The molecule has 4 bridgehead atoms. The first-order valence-corrected chi connectivity index (χ1v) is 12.1.